The Bertz CT molecular complexity index is 1160. The number of nitrogens with zero attached hydrogens (tertiary/aromatic N) is 2. The molecule has 0 radical (unpaired) electrons. The number of ketones is 2. The van der Waals surface area contributed by atoms with Crippen LogP contribution in [0.4, 0.5) is 0 Å². The van der Waals surface area contributed by atoms with Gasteiger partial charge < -0.3 is 24.6 Å². The van der Waals surface area contributed by atoms with Crippen LogP contribution in [0.2, 0.25) is 0 Å². The van der Waals surface area contributed by atoms with E-state index in [4.69, 9.17) is 14.4 Å². The molecule has 3 unspecified atom stereocenters. The molecule has 10 nitrogen and oxygen atoms in total. The summed E-state index contributed by atoms with van der Waals surface area (Å²) >= 11 is 1.90. The molecule has 0 aromatic heterocycles. The number of hydrogen-bond donors (Lipinski definition) is 2. The van der Waals surface area contributed by atoms with Crippen molar-refractivity contribution in [3.05, 3.63) is 35.8 Å². The Morgan fingerprint density at radius 2 is 1.84 bits per heavy atom. The van der Waals surface area contributed by atoms with Gasteiger partial charge in [-0.25, -0.2) is 0 Å². The zero-order valence-corrected chi connectivity index (χ0v) is 29.3. The van der Waals surface area contributed by atoms with E-state index in [1.54, 1.807) is 26.8 Å². The molecule has 0 bridgehead atoms. The quantitative estimate of drug-likeness (QED) is 0.0572. The Morgan fingerprint density at radius 3 is 2.38 bits per heavy atom. The van der Waals surface area contributed by atoms with Crippen LogP contribution >= 0.6 is 11.8 Å². The average molecular weight is 651 g/mol. The number of esters is 1. The standard InChI is InChI=1S/C17H25NO5.C17H29NO3S/c1-6-9-23-18-12(2)7-8-17(15(21)22-5)14(20)10-13(19)11-16(17,3)4;1-5-8-14(18-21-6-2)17-15(19)10-13(11-16(17)20)9-12(4)22-7-3/h6,10,20H,1,7-9,11H2,2-5H3;12-13,19H,5-11H2,1-4H3. The lowest BCUT2D eigenvalue weighted by atomic mass is 9.57. The van der Waals surface area contributed by atoms with Gasteiger partial charge >= 0.3 is 5.97 Å². The van der Waals surface area contributed by atoms with Crippen molar-refractivity contribution in [2.75, 3.05) is 26.1 Å². The number of carbonyl (C=O) groups excluding carboxylic acids is 3. The van der Waals surface area contributed by atoms with E-state index in [2.05, 4.69) is 30.7 Å². The minimum Gasteiger partial charge on any atom is -0.511 e. The molecule has 2 N–H and O–H groups in total. The number of aliphatic hydroxyl groups excluding tert-OH is 2. The summed E-state index contributed by atoms with van der Waals surface area (Å²) < 4.78 is 4.93. The number of carbonyl (C=O) groups is 3. The van der Waals surface area contributed by atoms with Gasteiger partial charge in [0.2, 0.25) is 0 Å². The second-order valence-corrected chi connectivity index (χ2v) is 13.8. The maximum atomic E-state index is 12.5. The topological polar surface area (TPSA) is 144 Å². The van der Waals surface area contributed by atoms with Crippen LogP contribution in [-0.2, 0) is 28.8 Å². The second-order valence-electron chi connectivity index (χ2n) is 12.1. The molecule has 0 aromatic rings. The Hall–Kier alpha value is -3.08. The molecule has 45 heavy (non-hydrogen) atoms. The van der Waals surface area contributed by atoms with E-state index < -0.39 is 16.8 Å². The van der Waals surface area contributed by atoms with Crippen LogP contribution in [0.15, 0.2) is 46.1 Å². The van der Waals surface area contributed by atoms with Crippen LogP contribution < -0.4 is 0 Å². The van der Waals surface area contributed by atoms with Gasteiger partial charge in [-0.2, -0.15) is 11.8 Å². The Kier molecular flexibility index (Phi) is 17.3. The van der Waals surface area contributed by atoms with Gasteiger partial charge in [-0.15, -0.1) is 0 Å². The van der Waals surface area contributed by atoms with Gasteiger partial charge in [0.1, 0.15) is 30.1 Å². The molecular formula is C34H54N2O8S. The number of hydrogen-bond acceptors (Lipinski definition) is 11. The fraction of sp³-hybridized carbons (Fsp3) is 0.676. The minimum absolute atomic E-state index is 0.00866. The van der Waals surface area contributed by atoms with Crippen molar-refractivity contribution in [2.24, 2.45) is 27.1 Å². The fourth-order valence-electron chi connectivity index (χ4n) is 5.88. The fourth-order valence-corrected chi connectivity index (χ4v) is 6.86. The van der Waals surface area contributed by atoms with Gasteiger partial charge in [-0.3, -0.25) is 14.4 Å². The number of oxime groups is 2. The largest absolute Gasteiger partial charge is 0.511 e. The number of thioether (sulfide) groups is 1. The van der Waals surface area contributed by atoms with Crippen LogP contribution in [0, 0.1) is 16.7 Å². The highest BCUT2D eigenvalue weighted by Crippen LogP contribution is 2.53. The third kappa shape index (κ3) is 11.3. The molecule has 0 aromatic carbocycles. The molecule has 2 aliphatic carbocycles. The lowest BCUT2D eigenvalue weighted by molar-refractivity contribution is -0.162. The highest BCUT2D eigenvalue weighted by Gasteiger charge is 2.57. The van der Waals surface area contributed by atoms with E-state index in [1.165, 1.54) is 7.11 Å². The first-order valence-electron chi connectivity index (χ1n) is 15.8. The monoisotopic (exact) mass is 650 g/mol. The molecule has 3 atom stereocenters. The molecule has 0 fully saturated rings. The van der Waals surface area contributed by atoms with E-state index in [9.17, 15) is 24.6 Å². The zero-order valence-electron chi connectivity index (χ0n) is 28.4. The predicted octanol–water partition coefficient (Wildman–Crippen LogP) is 7.45. The number of ether oxygens (including phenoxy) is 1. The molecule has 0 amide bonds. The molecule has 0 saturated carbocycles. The van der Waals surface area contributed by atoms with E-state index >= 15 is 0 Å². The normalized spacial score (nSPS) is 22.6. The maximum Gasteiger partial charge on any atom is 0.320 e. The van der Waals surface area contributed by atoms with Crippen molar-refractivity contribution in [2.45, 2.75) is 105 Å². The van der Waals surface area contributed by atoms with Crippen molar-refractivity contribution in [3.8, 4) is 0 Å². The van der Waals surface area contributed by atoms with Crippen LogP contribution in [0.25, 0.3) is 0 Å². The Balaban J connectivity index is 0.000000450. The summed E-state index contributed by atoms with van der Waals surface area (Å²) in [6.45, 7) is 17.8. The first-order valence-corrected chi connectivity index (χ1v) is 16.8. The Morgan fingerprint density at radius 1 is 1.16 bits per heavy atom. The third-order valence-corrected chi connectivity index (χ3v) is 9.13. The summed E-state index contributed by atoms with van der Waals surface area (Å²) in [5.41, 5.74) is -0.359. The summed E-state index contributed by atoms with van der Waals surface area (Å²) in [7, 11) is 1.28. The number of Topliss-reactive ketones (excluding diaryl/α,β-unsaturated/α-hetero) is 1. The van der Waals surface area contributed by atoms with Gasteiger partial charge in [0.15, 0.2) is 11.6 Å². The number of allylic oxidation sites excluding steroid dienone is 3. The summed E-state index contributed by atoms with van der Waals surface area (Å²) in [5.74, 6) is 0.522. The van der Waals surface area contributed by atoms with Gasteiger partial charge in [0.25, 0.3) is 0 Å². The molecule has 2 aliphatic rings. The lowest BCUT2D eigenvalue weighted by Crippen LogP contribution is -2.50. The number of rotatable bonds is 16. The van der Waals surface area contributed by atoms with Crippen LogP contribution in [0.1, 0.15) is 99.8 Å². The Labute approximate surface area is 273 Å². The van der Waals surface area contributed by atoms with E-state index in [-0.39, 0.29) is 41.8 Å². The van der Waals surface area contributed by atoms with Gasteiger partial charge in [0, 0.05) is 30.6 Å². The molecule has 254 valence electrons. The molecular weight excluding hydrogens is 596 g/mol. The molecule has 2 rings (SSSR count). The second kappa shape index (κ2) is 19.4. The first-order chi connectivity index (χ1) is 21.2. The van der Waals surface area contributed by atoms with Crippen molar-refractivity contribution >= 4 is 40.7 Å². The van der Waals surface area contributed by atoms with Gasteiger partial charge in [-0.1, -0.05) is 64.0 Å². The van der Waals surface area contributed by atoms with E-state index in [1.807, 2.05) is 25.6 Å². The van der Waals surface area contributed by atoms with Gasteiger partial charge in [0.05, 0.1) is 24.1 Å². The average Bonchev–Trinajstić information content (AvgIpc) is 2.95. The molecule has 11 heteroatoms. The summed E-state index contributed by atoms with van der Waals surface area (Å²) in [4.78, 5) is 46.8. The van der Waals surface area contributed by atoms with Crippen molar-refractivity contribution < 1.29 is 39.0 Å². The maximum absolute atomic E-state index is 12.5. The lowest BCUT2D eigenvalue weighted by Gasteiger charge is -2.45. The minimum atomic E-state index is -1.27. The first kappa shape index (κ1) is 39.9. The highest BCUT2D eigenvalue weighted by atomic mass is 32.2. The highest BCUT2D eigenvalue weighted by molar-refractivity contribution is 7.99. The molecule has 0 saturated heterocycles. The van der Waals surface area contributed by atoms with Crippen molar-refractivity contribution in [1.29, 1.82) is 0 Å². The summed E-state index contributed by atoms with van der Waals surface area (Å²) in [6.07, 6.45) is 7.12. The van der Waals surface area contributed by atoms with Crippen molar-refractivity contribution in [3.63, 3.8) is 0 Å². The van der Waals surface area contributed by atoms with E-state index in [0.717, 1.165) is 24.7 Å². The molecule has 0 aliphatic heterocycles. The zero-order chi connectivity index (χ0) is 34.2. The molecule has 0 spiro atoms. The van der Waals surface area contributed by atoms with Crippen LogP contribution in [0.3, 0.4) is 0 Å². The van der Waals surface area contributed by atoms with Crippen LogP contribution in [0.5, 0.6) is 0 Å². The van der Waals surface area contributed by atoms with E-state index in [0.29, 0.717) is 61.1 Å². The van der Waals surface area contributed by atoms with Crippen molar-refractivity contribution in [1.82, 2.24) is 0 Å². The summed E-state index contributed by atoms with van der Waals surface area (Å²) in [6, 6.07) is 0. The molecule has 0 heterocycles. The SMILES string of the molecule is C=CCON=C(C)CCC1(C(=O)OC)C(O)=CC(=O)CC1(C)C.CCCC(=NOCC)C1=C(O)CC(CC(C)SCC)CC1=O. The third-order valence-electron chi connectivity index (χ3n) is 8.03. The smallest absolute Gasteiger partial charge is 0.320 e. The number of aliphatic hydroxyl groups is 2. The predicted molar refractivity (Wildman–Crippen MR) is 181 cm³/mol. The van der Waals surface area contributed by atoms with Gasteiger partial charge in [-0.05, 0) is 56.6 Å². The van der Waals surface area contributed by atoms with Crippen LogP contribution in [-0.4, -0.2) is 70.5 Å². The number of methoxy groups -OCH3 is 1. The summed E-state index contributed by atoms with van der Waals surface area (Å²) in [5, 5.41) is 29.3.